The molecule has 0 radical (unpaired) electrons. The Bertz CT molecular complexity index is 156. The highest BCUT2D eigenvalue weighted by Crippen LogP contribution is 2.14. The van der Waals surface area contributed by atoms with E-state index in [0.29, 0.717) is 0 Å². The maximum Gasteiger partial charge on any atom is 0.0540 e. The number of hydrogen-bond acceptors (Lipinski definition) is 1. The molecule has 0 aromatic carbocycles. The van der Waals surface area contributed by atoms with Crippen LogP contribution in [0.5, 0.6) is 0 Å². The summed E-state index contributed by atoms with van der Waals surface area (Å²) in [6.07, 6.45) is 19.5. The summed E-state index contributed by atoms with van der Waals surface area (Å²) in [6, 6.07) is 0. The first-order valence-electron chi connectivity index (χ1n) is 8.99. The Labute approximate surface area is 122 Å². The molecule has 0 bridgehead atoms. The summed E-state index contributed by atoms with van der Waals surface area (Å²) >= 11 is 0. The van der Waals surface area contributed by atoms with Crippen molar-refractivity contribution in [2.75, 3.05) is 0 Å². The van der Waals surface area contributed by atoms with E-state index in [-0.39, 0.29) is 6.10 Å². The molecule has 0 saturated carbocycles. The van der Waals surface area contributed by atoms with Crippen LogP contribution in [0, 0.1) is 0 Å². The van der Waals surface area contributed by atoms with Gasteiger partial charge in [-0.3, -0.25) is 0 Å². The highest BCUT2D eigenvalue weighted by Gasteiger charge is 2.02. The molecule has 1 heteroatoms. The SMILES string of the molecule is CCCCCCCCCCCCC(O)CCCCC. The zero-order valence-electron chi connectivity index (χ0n) is 13.6. The van der Waals surface area contributed by atoms with E-state index in [1.807, 2.05) is 0 Å². The van der Waals surface area contributed by atoms with E-state index in [1.165, 1.54) is 83.5 Å². The molecular formula is C18H38O. The summed E-state index contributed by atoms with van der Waals surface area (Å²) in [5.74, 6) is 0. The minimum Gasteiger partial charge on any atom is -0.393 e. The second-order valence-corrected chi connectivity index (χ2v) is 6.12. The number of aliphatic hydroxyl groups excluding tert-OH is 1. The number of aliphatic hydroxyl groups is 1. The van der Waals surface area contributed by atoms with Gasteiger partial charge in [-0.2, -0.15) is 0 Å². The first-order valence-corrected chi connectivity index (χ1v) is 8.99. The van der Waals surface area contributed by atoms with Crippen LogP contribution in [0.15, 0.2) is 0 Å². The maximum atomic E-state index is 9.80. The van der Waals surface area contributed by atoms with Crippen LogP contribution < -0.4 is 0 Å². The van der Waals surface area contributed by atoms with Gasteiger partial charge in [-0.05, 0) is 12.8 Å². The molecule has 116 valence electrons. The van der Waals surface area contributed by atoms with Crippen molar-refractivity contribution in [2.24, 2.45) is 0 Å². The minimum atomic E-state index is -0.0272. The average Bonchev–Trinajstić information content (AvgIpc) is 2.41. The maximum absolute atomic E-state index is 9.80. The van der Waals surface area contributed by atoms with Crippen molar-refractivity contribution in [2.45, 2.75) is 116 Å². The second-order valence-electron chi connectivity index (χ2n) is 6.12. The molecule has 19 heavy (non-hydrogen) atoms. The Hall–Kier alpha value is -0.0400. The van der Waals surface area contributed by atoms with Gasteiger partial charge in [-0.15, -0.1) is 0 Å². The van der Waals surface area contributed by atoms with Gasteiger partial charge in [0, 0.05) is 0 Å². The zero-order valence-corrected chi connectivity index (χ0v) is 13.6. The molecule has 0 aromatic heterocycles. The molecule has 0 aliphatic rings. The fraction of sp³-hybridized carbons (Fsp3) is 1.00. The fourth-order valence-corrected chi connectivity index (χ4v) is 2.64. The smallest absolute Gasteiger partial charge is 0.0540 e. The lowest BCUT2D eigenvalue weighted by Crippen LogP contribution is -2.05. The van der Waals surface area contributed by atoms with E-state index in [4.69, 9.17) is 0 Å². The van der Waals surface area contributed by atoms with Crippen LogP contribution in [-0.2, 0) is 0 Å². The van der Waals surface area contributed by atoms with Gasteiger partial charge in [-0.1, -0.05) is 97.3 Å². The van der Waals surface area contributed by atoms with Gasteiger partial charge in [-0.25, -0.2) is 0 Å². The third-order valence-corrected chi connectivity index (χ3v) is 4.03. The van der Waals surface area contributed by atoms with E-state index < -0.39 is 0 Å². The summed E-state index contributed by atoms with van der Waals surface area (Å²) in [4.78, 5) is 0. The molecule has 0 fully saturated rings. The van der Waals surface area contributed by atoms with Crippen molar-refractivity contribution in [1.29, 1.82) is 0 Å². The number of unbranched alkanes of at least 4 members (excludes halogenated alkanes) is 11. The Morgan fingerprint density at radius 2 is 0.842 bits per heavy atom. The van der Waals surface area contributed by atoms with Crippen LogP contribution in [-0.4, -0.2) is 11.2 Å². The van der Waals surface area contributed by atoms with Crippen LogP contribution in [0.25, 0.3) is 0 Å². The Kier molecular flexibility index (Phi) is 16.0. The number of hydrogen-bond donors (Lipinski definition) is 1. The zero-order chi connectivity index (χ0) is 14.2. The van der Waals surface area contributed by atoms with Gasteiger partial charge < -0.3 is 5.11 Å². The van der Waals surface area contributed by atoms with Crippen LogP contribution in [0.2, 0.25) is 0 Å². The summed E-state index contributed by atoms with van der Waals surface area (Å²) in [5, 5.41) is 9.80. The van der Waals surface area contributed by atoms with E-state index in [9.17, 15) is 5.11 Å². The third-order valence-electron chi connectivity index (χ3n) is 4.03. The van der Waals surface area contributed by atoms with Crippen molar-refractivity contribution in [3.05, 3.63) is 0 Å². The van der Waals surface area contributed by atoms with E-state index in [1.54, 1.807) is 0 Å². The van der Waals surface area contributed by atoms with Gasteiger partial charge in [0.1, 0.15) is 0 Å². The highest BCUT2D eigenvalue weighted by molar-refractivity contribution is 4.57. The van der Waals surface area contributed by atoms with Crippen LogP contribution in [0.4, 0.5) is 0 Å². The van der Waals surface area contributed by atoms with Crippen molar-refractivity contribution in [3.63, 3.8) is 0 Å². The molecule has 0 heterocycles. The van der Waals surface area contributed by atoms with Crippen molar-refractivity contribution in [1.82, 2.24) is 0 Å². The molecular weight excluding hydrogens is 232 g/mol. The fourth-order valence-electron chi connectivity index (χ4n) is 2.64. The predicted molar refractivity (Wildman–Crippen MR) is 86.6 cm³/mol. The Balaban J connectivity index is 3.05. The number of rotatable bonds is 15. The molecule has 0 rings (SSSR count). The van der Waals surface area contributed by atoms with E-state index in [0.717, 1.165) is 12.8 Å². The normalized spacial score (nSPS) is 12.8. The molecule has 0 amide bonds. The largest absolute Gasteiger partial charge is 0.393 e. The molecule has 0 aliphatic heterocycles. The predicted octanol–water partition coefficient (Wildman–Crippen LogP) is 6.24. The quantitative estimate of drug-likeness (QED) is 0.349. The topological polar surface area (TPSA) is 20.2 Å². The third kappa shape index (κ3) is 15.9. The first kappa shape index (κ1) is 19.0. The molecule has 1 N–H and O–H groups in total. The monoisotopic (exact) mass is 270 g/mol. The molecule has 1 nitrogen and oxygen atoms in total. The van der Waals surface area contributed by atoms with Gasteiger partial charge >= 0.3 is 0 Å². The van der Waals surface area contributed by atoms with E-state index in [2.05, 4.69) is 13.8 Å². The van der Waals surface area contributed by atoms with Crippen molar-refractivity contribution < 1.29 is 5.11 Å². The average molecular weight is 271 g/mol. The van der Waals surface area contributed by atoms with Gasteiger partial charge in [0.05, 0.1) is 6.10 Å². The molecule has 0 aliphatic carbocycles. The van der Waals surface area contributed by atoms with Gasteiger partial charge in [0.25, 0.3) is 0 Å². The Morgan fingerprint density at radius 3 is 1.32 bits per heavy atom. The lowest BCUT2D eigenvalue weighted by molar-refractivity contribution is 0.147. The molecule has 0 aromatic rings. The second kappa shape index (κ2) is 16.0. The van der Waals surface area contributed by atoms with Gasteiger partial charge in [0.15, 0.2) is 0 Å². The Morgan fingerprint density at radius 1 is 0.526 bits per heavy atom. The van der Waals surface area contributed by atoms with E-state index >= 15 is 0 Å². The molecule has 0 spiro atoms. The lowest BCUT2D eigenvalue weighted by atomic mass is 10.0. The van der Waals surface area contributed by atoms with Gasteiger partial charge in [0.2, 0.25) is 0 Å². The summed E-state index contributed by atoms with van der Waals surface area (Å²) in [6.45, 7) is 4.49. The minimum absolute atomic E-state index is 0.0272. The summed E-state index contributed by atoms with van der Waals surface area (Å²) in [7, 11) is 0. The van der Waals surface area contributed by atoms with Crippen LogP contribution >= 0.6 is 0 Å². The highest BCUT2D eigenvalue weighted by atomic mass is 16.3. The molecule has 0 saturated heterocycles. The first-order chi connectivity index (χ1) is 9.31. The molecule has 1 unspecified atom stereocenters. The summed E-state index contributed by atoms with van der Waals surface area (Å²) < 4.78 is 0. The standard InChI is InChI=1S/C18H38O/c1-3-5-7-8-9-10-11-12-13-15-17-18(19)16-14-6-4-2/h18-19H,3-17H2,1-2H3. The van der Waals surface area contributed by atoms with Crippen LogP contribution in [0.1, 0.15) is 110 Å². The summed E-state index contributed by atoms with van der Waals surface area (Å²) in [5.41, 5.74) is 0. The lowest BCUT2D eigenvalue weighted by Gasteiger charge is -2.09. The molecule has 1 atom stereocenters. The van der Waals surface area contributed by atoms with Crippen molar-refractivity contribution >= 4 is 0 Å². The van der Waals surface area contributed by atoms with Crippen molar-refractivity contribution in [3.8, 4) is 0 Å². The van der Waals surface area contributed by atoms with Crippen LogP contribution in [0.3, 0.4) is 0 Å².